The third-order valence-corrected chi connectivity index (χ3v) is 3.85. The molecule has 2 aliphatic heterocycles. The van der Waals surface area contributed by atoms with Crippen LogP contribution in [0.5, 0.6) is 0 Å². The number of hydrogen-bond acceptors (Lipinski definition) is 2. The van der Waals surface area contributed by atoms with Gasteiger partial charge in [0.15, 0.2) is 0 Å². The van der Waals surface area contributed by atoms with Crippen LogP contribution in [0.15, 0.2) is 36.5 Å². The lowest BCUT2D eigenvalue weighted by molar-refractivity contribution is 0.148. The average Bonchev–Trinajstić information content (AvgIpc) is 3.12. The predicted octanol–water partition coefficient (Wildman–Crippen LogP) is 2.93. The Kier molecular flexibility index (Phi) is 4.19. The fourth-order valence-electron chi connectivity index (χ4n) is 2.38. The van der Waals surface area contributed by atoms with Gasteiger partial charge in [-0.25, -0.2) is 0 Å². The number of ether oxygens (including phenoxy) is 1. The van der Waals surface area contributed by atoms with Crippen LogP contribution in [0.1, 0.15) is 26.2 Å². The Bertz CT molecular complexity index is 316. The first-order valence-corrected chi connectivity index (χ1v) is 6.59. The highest BCUT2D eigenvalue weighted by Crippen LogP contribution is 2.37. The molecule has 2 saturated heterocycles. The van der Waals surface area contributed by atoms with Crippen molar-refractivity contribution in [3.63, 3.8) is 0 Å². The number of allylic oxidation sites excluding steroid dienone is 4. The Morgan fingerprint density at radius 3 is 2.65 bits per heavy atom. The second kappa shape index (κ2) is 5.65. The molecule has 2 nitrogen and oxygen atoms in total. The summed E-state index contributed by atoms with van der Waals surface area (Å²) in [5.41, 5.74) is 1.70. The van der Waals surface area contributed by atoms with Crippen molar-refractivity contribution < 1.29 is 4.74 Å². The zero-order valence-electron chi connectivity index (χ0n) is 10.8. The first-order valence-electron chi connectivity index (χ1n) is 6.59. The van der Waals surface area contributed by atoms with E-state index in [1.807, 2.05) is 12.2 Å². The summed E-state index contributed by atoms with van der Waals surface area (Å²) in [5.74, 6) is 0. The maximum atomic E-state index is 5.52. The highest BCUT2D eigenvalue weighted by Gasteiger charge is 2.46. The van der Waals surface area contributed by atoms with E-state index in [1.54, 1.807) is 0 Å². The van der Waals surface area contributed by atoms with Gasteiger partial charge in [0.25, 0.3) is 0 Å². The molecule has 2 heterocycles. The SMILES string of the molecule is C=C/C=C\C(=C/C)CCN1CCC2(CC1)CO2. The number of hydrogen-bond donors (Lipinski definition) is 0. The normalized spacial score (nSPS) is 24.4. The quantitative estimate of drug-likeness (QED) is 0.536. The van der Waals surface area contributed by atoms with Gasteiger partial charge >= 0.3 is 0 Å². The maximum absolute atomic E-state index is 5.52. The van der Waals surface area contributed by atoms with Gasteiger partial charge < -0.3 is 9.64 Å². The van der Waals surface area contributed by atoms with Crippen molar-refractivity contribution in [3.8, 4) is 0 Å². The van der Waals surface area contributed by atoms with Crippen LogP contribution in [-0.4, -0.2) is 36.7 Å². The molecule has 0 amide bonds. The molecule has 2 fully saturated rings. The van der Waals surface area contributed by atoms with Crippen molar-refractivity contribution >= 4 is 0 Å². The molecule has 0 aromatic carbocycles. The van der Waals surface area contributed by atoms with Crippen molar-refractivity contribution in [3.05, 3.63) is 36.5 Å². The molecule has 0 radical (unpaired) electrons. The Labute approximate surface area is 105 Å². The second-order valence-corrected chi connectivity index (χ2v) is 5.02. The summed E-state index contributed by atoms with van der Waals surface area (Å²) in [7, 11) is 0. The van der Waals surface area contributed by atoms with Crippen LogP contribution in [0.3, 0.4) is 0 Å². The molecule has 0 unspecified atom stereocenters. The molecule has 94 valence electrons. The summed E-state index contributed by atoms with van der Waals surface area (Å²) in [4.78, 5) is 2.55. The zero-order valence-corrected chi connectivity index (χ0v) is 10.8. The van der Waals surface area contributed by atoms with Gasteiger partial charge in [0.2, 0.25) is 0 Å². The minimum atomic E-state index is 0.308. The Morgan fingerprint density at radius 1 is 1.41 bits per heavy atom. The Hall–Kier alpha value is -0.860. The standard InChI is InChI=1S/C15H23NO/c1-3-5-6-14(4-2)7-10-16-11-8-15(9-12-16)13-17-15/h3-6H,1,7-13H2,2H3/b6-5-,14-4+. The van der Waals surface area contributed by atoms with E-state index in [0.29, 0.717) is 5.60 Å². The van der Waals surface area contributed by atoms with Gasteiger partial charge in [-0.15, -0.1) is 0 Å². The van der Waals surface area contributed by atoms with E-state index in [4.69, 9.17) is 4.74 Å². The summed E-state index contributed by atoms with van der Waals surface area (Å²) in [5, 5.41) is 0. The zero-order chi connectivity index (χ0) is 12.1. The summed E-state index contributed by atoms with van der Waals surface area (Å²) in [6, 6.07) is 0. The average molecular weight is 233 g/mol. The van der Waals surface area contributed by atoms with Crippen molar-refractivity contribution in [1.29, 1.82) is 0 Å². The van der Waals surface area contributed by atoms with Gasteiger partial charge in [-0.3, -0.25) is 0 Å². The molecule has 2 rings (SSSR count). The number of nitrogens with zero attached hydrogens (tertiary/aromatic N) is 1. The van der Waals surface area contributed by atoms with E-state index >= 15 is 0 Å². The molecule has 0 aromatic rings. The lowest BCUT2D eigenvalue weighted by Crippen LogP contribution is -2.38. The van der Waals surface area contributed by atoms with Crippen LogP contribution in [0.4, 0.5) is 0 Å². The van der Waals surface area contributed by atoms with E-state index in [-0.39, 0.29) is 0 Å². The number of epoxide rings is 1. The molecule has 0 atom stereocenters. The summed E-state index contributed by atoms with van der Waals surface area (Å²) in [6.45, 7) is 10.4. The number of piperidine rings is 1. The monoisotopic (exact) mass is 233 g/mol. The third kappa shape index (κ3) is 3.55. The van der Waals surface area contributed by atoms with Crippen LogP contribution in [0, 0.1) is 0 Å². The third-order valence-electron chi connectivity index (χ3n) is 3.85. The van der Waals surface area contributed by atoms with E-state index in [0.717, 1.165) is 19.6 Å². The molecule has 0 aromatic heterocycles. The second-order valence-electron chi connectivity index (χ2n) is 5.02. The highest BCUT2D eigenvalue weighted by atomic mass is 16.6. The number of rotatable bonds is 5. The van der Waals surface area contributed by atoms with Gasteiger partial charge in [0.05, 0.1) is 12.2 Å². The molecule has 2 aliphatic rings. The Balaban J connectivity index is 1.70. The van der Waals surface area contributed by atoms with Crippen molar-refractivity contribution in [2.24, 2.45) is 0 Å². The van der Waals surface area contributed by atoms with Crippen LogP contribution >= 0.6 is 0 Å². The Morgan fingerprint density at radius 2 is 2.12 bits per heavy atom. The summed E-state index contributed by atoms with van der Waals surface area (Å²) < 4.78 is 5.52. The minimum absolute atomic E-state index is 0.308. The fraction of sp³-hybridized carbons (Fsp3) is 0.600. The number of likely N-dealkylation sites (tertiary alicyclic amines) is 1. The fourth-order valence-corrected chi connectivity index (χ4v) is 2.38. The molecule has 0 aliphatic carbocycles. The molecule has 0 bridgehead atoms. The summed E-state index contributed by atoms with van der Waals surface area (Å²) in [6.07, 6.45) is 11.8. The van der Waals surface area contributed by atoms with Gasteiger partial charge in [0.1, 0.15) is 0 Å². The van der Waals surface area contributed by atoms with Crippen molar-refractivity contribution in [1.82, 2.24) is 4.90 Å². The minimum Gasteiger partial charge on any atom is -0.369 e. The van der Waals surface area contributed by atoms with E-state index in [2.05, 4.69) is 30.6 Å². The highest BCUT2D eigenvalue weighted by molar-refractivity contribution is 5.21. The van der Waals surface area contributed by atoms with Crippen LogP contribution in [0.25, 0.3) is 0 Å². The lowest BCUT2D eigenvalue weighted by atomic mass is 9.97. The van der Waals surface area contributed by atoms with Gasteiger partial charge in [0, 0.05) is 19.6 Å². The topological polar surface area (TPSA) is 15.8 Å². The molecular weight excluding hydrogens is 210 g/mol. The first-order chi connectivity index (χ1) is 8.28. The molecule has 17 heavy (non-hydrogen) atoms. The first kappa shape index (κ1) is 12.6. The van der Waals surface area contributed by atoms with E-state index in [1.165, 1.54) is 31.5 Å². The van der Waals surface area contributed by atoms with Gasteiger partial charge in [-0.05, 0) is 26.2 Å². The predicted molar refractivity (Wildman–Crippen MR) is 72.1 cm³/mol. The van der Waals surface area contributed by atoms with E-state index in [9.17, 15) is 0 Å². The molecule has 2 heteroatoms. The van der Waals surface area contributed by atoms with Crippen LogP contribution < -0.4 is 0 Å². The van der Waals surface area contributed by atoms with Crippen molar-refractivity contribution in [2.75, 3.05) is 26.2 Å². The van der Waals surface area contributed by atoms with E-state index < -0.39 is 0 Å². The molecule has 0 saturated carbocycles. The van der Waals surface area contributed by atoms with Crippen LogP contribution in [-0.2, 0) is 4.74 Å². The summed E-state index contributed by atoms with van der Waals surface area (Å²) >= 11 is 0. The molecule has 1 spiro atoms. The van der Waals surface area contributed by atoms with Crippen molar-refractivity contribution in [2.45, 2.75) is 31.8 Å². The smallest absolute Gasteiger partial charge is 0.0940 e. The lowest BCUT2D eigenvalue weighted by Gasteiger charge is -2.30. The van der Waals surface area contributed by atoms with Crippen LogP contribution in [0.2, 0.25) is 0 Å². The maximum Gasteiger partial charge on any atom is 0.0940 e. The molecule has 0 N–H and O–H groups in total. The molecular formula is C15H23NO. The van der Waals surface area contributed by atoms with Gasteiger partial charge in [-0.1, -0.05) is 36.5 Å². The largest absolute Gasteiger partial charge is 0.369 e. The van der Waals surface area contributed by atoms with Gasteiger partial charge in [-0.2, -0.15) is 0 Å².